The molecular formula is C14H16N2O2. The van der Waals surface area contributed by atoms with Crippen LogP contribution in [0, 0.1) is 0 Å². The molecule has 0 atom stereocenters. The number of amides is 1. The van der Waals surface area contributed by atoms with E-state index in [0.717, 1.165) is 17.1 Å². The lowest BCUT2D eigenvalue weighted by molar-refractivity contribution is -0.115. The molecule has 0 radical (unpaired) electrons. The van der Waals surface area contributed by atoms with Crippen molar-refractivity contribution >= 4 is 11.6 Å². The van der Waals surface area contributed by atoms with E-state index in [4.69, 9.17) is 4.74 Å². The number of hydrogen-bond acceptors (Lipinski definition) is 2. The number of anilines is 1. The van der Waals surface area contributed by atoms with Crippen molar-refractivity contribution in [3.05, 3.63) is 48.3 Å². The minimum atomic E-state index is -0.0402. The highest BCUT2D eigenvalue weighted by Gasteiger charge is 2.04. The molecule has 1 aromatic heterocycles. The van der Waals surface area contributed by atoms with E-state index in [2.05, 4.69) is 10.3 Å². The molecule has 1 aromatic carbocycles. The molecule has 0 fully saturated rings. The highest BCUT2D eigenvalue weighted by molar-refractivity contribution is 5.92. The third-order valence-electron chi connectivity index (χ3n) is 2.46. The average Bonchev–Trinajstić information content (AvgIpc) is 2.84. The van der Waals surface area contributed by atoms with Crippen LogP contribution in [0.1, 0.15) is 12.6 Å². The summed E-state index contributed by atoms with van der Waals surface area (Å²) in [5, 5.41) is 2.84. The highest BCUT2D eigenvalue weighted by atomic mass is 16.5. The van der Waals surface area contributed by atoms with E-state index in [1.54, 1.807) is 6.20 Å². The van der Waals surface area contributed by atoms with Crippen LogP contribution in [0.4, 0.5) is 5.69 Å². The summed E-state index contributed by atoms with van der Waals surface area (Å²) in [7, 11) is 0. The maximum absolute atomic E-state index is 11.7. The summed E-state index contributed by atoms with van der Waals surface area (Å²) in [6, 6.07) is 11.1. The Labute approximate surface area is 106 Å². The molecule has 4 nitrogen and oxygen atoms in total. The lowest BCUT2D eigenvalue weighted by Crippen LogP contribution is -2.14. The molecule has 0 saturated carbocycles. The second kappa shape index (κ2) is 5.91. The van der Waals surface area contributed by atoms with Crippen LogP contribution >= 0.6 is 0 Å². The number of aromatic amines is 1. The van der Waals surface area contributed by atoms with E-state index in [9.17, 15) is 4.79 Å². The van der Waals surface area contributed by atoms with E-state index in [-0.39, 0.29) is 5.91 Å². The molecule has 0 spiro atoms. The van der Waals surface area contributed by atoms with Gasteiger partial charge in [0, 0.05) is 17.6 Å². The first-order valence-corrected chi connectivity index (χ1v) is 5.93. The summed E-state index contributed by atoms with van der Waals surface area (Å²) < 4.78 is 5.33. The molecule has 2 rings (SSSR count). The third-order valence-corrected chi connectivity index (χ3v) is 2.46. The second-order valence-corrected chi connectivity index (χ2v) is 3.88. The standard InChI is InChI=1S/C14H16N2O2/c1-2-18-13-7-5-11(6-8-13)16-14(17)10-12-4-3-9-15-12/h3-9,15H,2,10H2,1H3,(H,16,17). The van der Waals surface area contributed by atoms with Gasteiger partial charge in [-0.3, -0.25) is 4.79 Å². The largest absolute Gasteiger partial charge is 0.494 e. The van der Waals surface area contributed by atoms with E-state index < -0.39 is 0 Å². The maximum atomic E-state index is 11.7. The van der Waals surface area contributed by atoms with Crippen LogP contribution in [-0.2, 0) is 11.2 Å². The summed E-state index contributed by atoms with van der Waals surface area (Å²) in [5.41, 5.74) is 1.67. The molecule has 0 saturated heterocycles. The molecule has 4 heteroatoms. The highest BCUT2D eigenvalue weighted by Crippen LogP contribution is 2.15. The summed E-state index contributed by atoms with van der Waals surface area (Å²) in [6.07, 6.45) is 2.15. The number of carbonyl (C=O) groups is 1. The topological polar surface area (TPSA) is 54.1 Å². The van der Waals surface area contributed by atoms with Gasteiger partial charge in [-0.05, 0) is 43.3 Å². The van der Waals surface area contributed by atoms with Gasteiger partial charge in [-0.25, -0.2) is 0 Å². The quantitative estimate of drug-likeness (QED) is 0.849. The third kappa shape index (κ3) is 3.38. The van der Waals surface area contributed by atoms with Crippen LogP contribution in [0.25, 0.3) is 0 Å². The van der Waals surface area contributed by atoms with Gasteiger partial charge in [0.15, 0.2) is 0 Å². The molecule has 1 heterocycles. The SMILES string of the molecule is CCOc1ccc(NC(=O)Cc2ccc[nH]2)cc1. The zero-order chi connectivity index (χ0) is 12.8. The van der Waals surface area contributed by atoms with Gasteiger partial charge in [-0.1, -0.05) is 0 Å². The predicted molar refractivity (Wildman–Crippen MR) is 70.7 cm³/mol. The summed E-state index contributed by atoms with van der Waals surface area (Å²) in [5.74, 6) is 0.765. The number of nitrogens with one attached hydrogen (secondary N) is 2. The molecule has 2 aromatic rings. The fourth-order valence-electron chi connectivity index (χ4n) is 1.66. The fourth-order valence-corrected chi connectivity index (χ4v) is 1.66. The van der Waals surface area contributed by atoms with Gasteiger partial charge < -0.3 is 15.0 Å². The second-order valence-electron chi connectivity index (χ2n) is 3.88. The van der Waals surface area contributed by atoms with Crippen LogP contribution in [0.2, 0.25) is 0 Å². The van der Waals surface area contributed by atoms with Crippen molar-refractivity contribution in [2.24, 2.45) is 0 Å². The Hall–Kier alpha value is -2.23. The Morgan fingerprint density at radius 1 is 1.28 bits per heavy atom. The van der Waals surface area contributed by atoms with Crippen LogP contribution in [-0.4, -0.2) is 17.5 Å². The molecule has 1 amide bonds. The molecule has 2 N–H and O–H groups in total. The number of carbonyl (C=O) groups excluding carboxylic acids is 1. The van der Waals surface area contributed by atoms with Crippen LogP contribution < -0.4 is 10.1 Å². The van der Waals surface area contributed by atoms with E-state index >= 15 is 0 Å². The number of rotatable bonds is 5. The Balaban J connectivity index is 1.90. The molecular weight excluding hydrogens is 228 g/mol. The van der Waals surface area contributed by atoms with Gasteiger partial charge in [-0.2, -0.15) is 0 Å². The van der Waals surface area contributed by atoms with Crippen molar-refractivity contribution in [2.75, 3.05) is 11.9 Å². The molecule has 0 bridgehead atoms. The van der Waals surface area contributed by atoms with Gasteiger partial charge in [0.1, 0.15) is 5.75 Å². The summed E-state index contributed by atoms with van der Waals surface area (Å²) in [6.45, 7) is 2.57. The number of hydrogen-bond donors (Lipinski definition) is 2. The van der Waals surface area contributed by atoms with Crippen LogP contribution in [0.5, 0.6) is 5.75 Å². The molecule has 0 aliphatic carbocycles. The van der Waals surface area contributed by atoms with Gasteiger partial charge in [-0.15, -0.1) is 0 Å². The molecule has 94 valence electrons. The molecule has 0 aliphatic rings. The Bertz CT molecular complexity index is 489. The normalized spacial score (nSPS) is 10.1. The first kappa shape index (κ1) is 12.2. The number of H-pyrrole nitrogens is 1. The summed E-state index contributed by atoms with van der Waals surface area (Å²) in [4.78, 5) is 14.7. The van der Waals surface area contributed by atoms with E-state index in [0.29, 0.717) is 13.0 Å². The predicted octanol–water partition coefficient (Wildman–Crippen LogP) is 2.59. The smallest absolute Gasteiger partial charge is 0.230 e. The van der Waals surface area contributed by atoms with Gasteiger partial charge in [0.05, 0.1) is 13.0 Å². The maximum Gasteiger partial charge on any atom is 0.230 e. The zero-order valence-electron chi connectivity index (χ0n) is 10.3. The minimum absolute atomic E-state index is 0.0402. The van der Waals surface area contributed by atoms with Crippen molar-refractivity contribution in [3.8, 4) is 5.75 Å². The van der Waals surface area contributed by atoms with Crippen LogP contribution in [0.15, 0.2) is 42.6 Å². The number of benzene rings is 1. The average molecular weight is 244 g/mol. The lowest BCUT2D eigenvalue weighted by atomic mass is 10.2. The number of ether oxygens (including phenoxy) is 1. The van der Waals surface area contributed by atoms with Crippen molar-refractivity contribution in [3.63, 3.8) is 0 Å². The zero-order valence-corrected chi connectivity index (χ0v) is 10.3. The molecule has 0 unspecified atom stereocenters. The van der Waals surface area contributed by atoms with Gasteiger partial charge in [0.25, 0.3) is 0 Å². The van der Waals surface area contributed by atoms with Crippen molar-refractivity contribution in [1.82, 2.24) is 4.98 Å². The molecule has 0 aliphatic heterocycles. The number of aromatic nitrogens is 1. The Morgan fingerprint density at radius 3 is 2.67 bits per heavy atom. The van der Waals surface area contributed by atoms with Crippen molar-refractivity contribution in [2.45, 2.75) is 13.3 Å². The lowest BCUT2D eigenvalue weighted by Gasteiger charge is -2.06. The minimum Gasteiger partial charge on any atom is -0.494 e. The first-order valence-electron chi connectivity index (χ1n) is 5.93. The first-order chi connectivity index (χ1) is 8.78. The van der Waals surface area contributed by atoms with Crippen LogP contribution in [0.3, 0.4) is 0 Å². The van der Waals surface area contributed by atoms with Gasteiger partial charge >= 0.3 is 0 Å². The van der Waals surface area contributed by atoms with Gasteiger partial charge in [0.2, 0.25) is 5.91 Å². The Morgan fingerprint density at radius 2 is 2.06 bits per heavy atom. The van der Waals surface area contributed by atoms with E-state index in [1.165, 1.54) is 0 Å². The summed E-state index contributed by atoms with van der Waals surface area (Å²) >= 11 is 0. The fraction of sp³-hybridized carbons (Fsp3) is 0.214. The van der Waals surface area contributed by atoms with Crippen molar-refractivity contribution in [1.29, 1.82) is 0 Å². The molecule has 18 heavy (non-hydrogen) atoms. The van der Waals surface area contributed by atoms with E-state index in [1.807, 2.05) is 43.3 Å². The Kier molecular flexibility index (Phi) is 4.02. The monoisotopic (exact) mass is 244 g/mol. The van der Waals surface area contributed by atoms with Crippen molar-refractivity contribution < 1.29 is 9.53 Å².